The van der Waals surface area contributed by atoms with Crippen LogP contribution in [-0.4, -0.2) is 21.4 Å². The summed E-state index contributed by atoms with van der Waals surface area (Å²) >= 11 is 1.85. The maximum absolute atomic E-state index is 9.81. The molecule has 16 heavy (non-hydrogen) atoms. The Hall–Kier alpha value is -0.960. The molecule has 1 saturated carbocycles. The van der Waals surface area contributed by atoms with E-state index in [1.54, 1.807) is 6.07 Å². The van der Waals surface area contributed by atoms with Gasteiger partial charge in [-0.05, 0) is 25.0 Å². The lowest BCUT2D eigenvalue weighted by Crippen LogP contribution is -2.21. The molecule has 1 aliphatic heterocycles. The quantitative estimate of drug-likeness (QED) is 0.808. The van der Waals surface area contributed by atoms with Crippen molar-refractivity contribution < 1.29 is 5.11 Å². The lowest BCUT2D eigenvalue weighted by molar-refractivity contribution is 0.461. The zero-order chi connectivity index (χ0) is 11.0. The second-order valence-corrected chi connectivity index (χ2v) is 5.69. The van der Waals surface area contributed by atoms with Crippen molar-refractivity contribution in [2.24, 2.45) is 4.99 Å². The number of aliphatic imine (C=N–C) groups is 1. The summed E-state index contributed by atoms with van der Waals surface area (Å²) < 4.78 is 0. The van der Waals surface area contributed by atoms with Gasteiger partial charge in [-0.15, -0.1) is 11.8 Å². The Bertz CT molecular complexity index is 430. The molecule has 2 unspecified atom stereocenters. The molecule has 0 bridgehead atoms. The van der Waals surface area contributed by atoms with Crippen LogP contribution in [0.15, 0.2) is 29.3 Å². The third-order valence-corrected chi connectivity index (χ3v) is 4.75. The minimum absolute atomic E-state index is 0.354. The van der Waals surface area contributed by atoms with Crippen molar-refractivity contribution in [1.29, 1.82) is 0 Å². The van der Waals surface area contributed by atoms with Crippen LogP contribution >= 0.6 is 11.8 Å². The second-order valence-electron chi connectivity index (χ2n) is 4.46. The molecule has 2 aliphatic rings. The van der Waals surface area contributed by atoms with E-state index in [0.717, 1.165) is 10.6 Å². The Labute approximate surface area is 99.8 Å². The van der Waals surface area contributed by atoms with E-state index in [4.69, 9.17) is 4.99 Å². The summed E-state index contributed by atoms with van der Waals surface area (Å²) in [5.74, 6) is 0.354. The Balaban J connectivity index is 1.89. The van der Waals surface area contributed by atoms with Crippen LogP contribution in [0.4, 0.5) is 0 Å². The molecule has 3 rings (SSSR count). The maximum atomic E-state index is 9.81. The molecule has 84 valence electrons. The molecule has 2 atom stereocenters. The first kappa shape index (κ1) is 10.2. The topological polar surface area (TPSA) is 32.6 Å². The molecular formula is C13H15NOS. The normalized spacial score (nSPS) is 28.6. The van der Waals surface area contributed by atoms with Crippen LogP contribution in [-0.2, 0) is 0 Å². The van der Waals surface area contributed by atoms with Gasteiger partial charge in [0.1, 0.15) is 10.8 Å². The fourth-order valence-electron chi connectivity index (χ4n) is 2.47. The molecule has 1 aliphatic carbocycles. The number of fused-ring (bicyclic) bond motifs is 1. The predicted molar refractivity (Wildman–Crippen MR) is 68.3 cm³/mol. The van der Waals surface area contributed by atoms with Gasteiger partial charge in [0.15, 0.2) is 0 Å². The van der Waals surface area contributed by atoms with Crippen LogP contribution in [0.2, 0.25) is 0 Å². The lowest BCUT2D eigenvalue weighted by atomic mass is 9.95. The smallest absolute Gasteiger partial charge is 0.125 e. The van der Waals surface area contributed by atoms with Crippen LogP contribution < -0.4 is 0 Å². The van der Waals surface area contributed by atoms with Crippen LogP contribution in [0.3, 0.4) is 0 Å². The number of thioether (sulfide) groups is 1. The molecule has 1 aromatic carbocycles. The van der Waals surface area contributed by atoms with Crippen LogP contribution in [0.25, 0.3) is 0 Å². The summed E-state index contributed by atoms with van der Waals surface area (Å²) in [6, 6.07) is 8.00. The van der Waals surface area contributed by atoms with Crippen molar-refractivity contribution in [2.45, 2.75) is 37.0 Å². The first-order chi connectivity index (χ1) is 7.84. The predicted octanol–water partition coefficient (Wildman–Crippen LogP) is 3.20. The van der Waals surface area contributed by atoms with Gasteiger partial charge >= 0.3 is 0 Å². The molecule has 1 N–H and O–H groups in total. The van der Waals surface area contributed by atoms with Crippen molar-refractivity contribution >= 4 is 16.8 Å². The van der Waals surface area contributed by atoms with Gasteiger partial charge in [0, 0.05) is 10.8 Å². The zero-order valence-electron chi connectivity index (χ0n) is 9.10. The number of para-hydroxylation sites is 1. The second kappa shape index (κ2) is 4.13. The summed E-state index contributed by atoms with van der Waals surface area (Å²) in [6.45, 7) is 0. The highest BCUT2D eigenvalue weighted by Crippen LogP contribution is 2.40. The number of aromatic hydroxyl groups is 1. The van der Waals surface area contributed by atoms with E-state index in [1.165, 1.54) is 25.7 Å². The number of benzene rings is 1. The number of hydrogen-bond acceptors (Lipinski definition) is 3. The number of rotatable bonds is 1. The Morgan fingerprint density at radius 1 is 1.19 bits per heavy atom. The molecule has 2 nitrogen and oxygen atoms in total. The molecule has 0 radical (unpaired) electrons. The molecule has 1 fully saturated rings. The maximum Gasteiger partial charge on any atom is 0.125 e. The van der Waals surface area contributed by atoms with Gasteiger partial charge in [0.05, 0.1) is 6.04 Å². The summed E-state index contributed by atoms with van der Waals surface area (Å²) in [6.07, 6.45) is 5.13. The SMILES string of the molecule is Oc1ccccc1C1=NC2CCCCC2S1. The van der Waals surface area contributed by atoms with Gasteiger partial charge in [-0.3, -0.25) is 4.99 Å². The number of phenols is 1. The van der Waals surface area contributed by atoms with Crippen molar-refractivity contribution in [3.63, 3.8) is 0 Å². The molecule has 1 aromatic rings. The molecule has 0 saturated heterocycles. The Kier molecular flexibility index (Phi) is 2.64. The van der Waals surface area contributed by atoms with Crippen LogP contribution in [0.5, 0.6) is 5.75 Å². The van der Waals surface area contributed by atoms with Gasteiger partial charge < -0.3 is 5.11 Å². The van der Waals surface area contributed by atoms with Gasteiger partial charge in [-0.1, -0.05) is 25.0 Å². The van der Waals surface area contributed by atoms with Crippen molar-refractivity contribution in [3.05, 3.63) is 29.8 Å². The first-order valence-corrected chi connectivity index (χ1v) is 6.75. The minimum Gasteiger partial charge on any atom is -0.507 e. The third-order valence-electron chi connectivity index (χ3n) is 3.35. The van der Waals surface area contributed by atoms with E-state index in [0.29, 0.717) is 17.0 Å². The molecule has 0 amide bonds. The highest BCUT2D eigenvalue weighted by Gasteiger charge is 2.33. The van der Waals surface area contributed by atoms with Gasteiger partial charge in [0.2, 0.25) is 0 Å². The third kappa shape index (κ3) is 1.73. The number of hydrogen-bond donors (Lipinski definition) is 1. The average Bonchev–Trinajstić information content (AvgIpc) is 2.73. The molecule has 3 heteroatoms. The van der Waals surface area contributed by atoms with Crippen LogP contribution in [0.1, 0.15) is 31.2 Å². The van der Waals surface area contributed by atoms with E-state index in [-0.39, 0.29) is 0 Å². The highest BCUT2D eigenvalue weighted by molar-refractivity contribution is 8.15. The van der Waals surface area contributed by atoms with Gasteiger partial charge in [-0.25, -0.2) is 0 Å². The van der Waals surface area contributed by atoms with E-state index < -0.39 is 0 Å². The highest BCUT2D eigenvalue weighted by atomic mass is 32.2. The van der Waals surface area contributed by atoms with Crippen molar-refractivity contribution in [1.82, 2.24) is 0 Å². The summed E-state index contributed by atoms with van der Waals surface area (Å²) in [4.78, 5) is 4.76. The first-order valence-electron chi connectivity index (χ1n) is 5.87. The zero-order valence-corrected chi connectivity index (χ0v) is 9.91. The molecule has 0 aromatic heterocycles. The van der Waals surface area contributed by atoms with E-state index in [2.05, 4.69) is 0 Å². The van der Waals surface area contributed by atoms with Crippen molar-refractivity contribution in [3.8, 4) is 5.75 Å². The monoisotopic (exact) mass is 233 g/mol. The summed E-state index contributed by atoms with van der Waals surface area (Å²) in [5.41, 5.74) is 0.905. The van der Waals surface area contributed by atoms with Crippen molar-refractivity contribution in [2.75, 3.05) is 0 Å². The van der Waals surface area contributed by atoms with Gasteiger partial charge in [-0.2, -0.15) is 0 Å². The van der Waals surface area contributed by atoms with Crippen LogP contribution in [0, 0.1) is 0 Å². The molecular weight excluding hydrogens is 218 g/mol. The number of nitrogens with zero attached hydrogens (tertiary/aromatic N) is 1. The Morgan fingerprint density at radius 3 is 2.81 bits per heavy atom. The van der Waals surface area contributed by atoms with E-state index >= 15 is 0 Å². The fourth-order valence-corrected chi connectivity index (χ4v) is 3.90. The van der Waals surface area contributed by atoms with E-state index in [9.17, 15) is 5.11 Å². The largest absolute Gasteiger partial charge is 0.507 e. The standard InChI is InChI=1S/C13H15NOS/c15-11-7-3-1-5-9(11)13-14-10-6-2-4-8-12(10)16-13/h1,3,5,7,10,12,15H,2,4,6,8H2. The minimum atomic E-state index is 0.354. The average molecular weight is 233 g/mol. The Morgan fingerprint density at radius 2 is 2.00 bits per heavy atom. The summed E-state index contributed by atoms with van der Waals surface area (Å²) in [5, 5.41) is 11.5. The number of phenolic OH excluding ortho intramolecular Hbond substituents is 1. The van der Waals surface area contributed by atoms with Gasteiger partial charge in [0.25, 0.3) is 0 Å². The molecule has 1 heterocycles. The fraction of sp³-hybridized carbons (Fsp3) is 0.462. The lowest BCUT2D eigenvalue weighted by Gasteiger charge is -2.21. The summed E-state index contributed by atoms with van der Waals surface area (Å²) in [7, 11) is 0. The van der Waals surface area contributed by atoms with E-state index in [1.807, 2.05) is 30.0 Å². The molecule has 0 spiro atoms.